The molecule has 0 N–H and O–H groups in total. The Kier molecular flexibility index (Phi) is 19.5. The van der Waals surface area contributed by atoms with Gasteiger partial charge >= 0.3 is 67.7 Å². The van der Waals surface area contributed by atoms with Gasteiger partial charge in [0.25, 0.3) is 0 Å². The Bertz CT molecular complexity index is 276. The molecular weight excluding hydrogens is 347 g/mol. The summed E-state index contributed by atoms with van der Waals surface area (Å²) in [5.41, 5.74) is 0. The summed E-state index contributed by atoms with van der Waals surface area (Å²) in [4.78, 5) is 0. The fourth-order valence-corrected chi connectivity index (χ4v) is 0. The van der Waals surface area contributed by atoms with Gasteiger partial charge in [0.2, 0.25) is 0 Å². The zero-order valence-corrected chi connectivity index (χ0v) is 12.8. The van der Waals surface area contributed by atoms with E-state index in [1.807, 2.05) is 0 Å². The molecule has 0 rings (SSSR count). The molecule has 0 amide bonds. The summed E-state index contributed by atoms with van der Waals surface area (Å²) in [6.45, 7) is 0. The minimum Gasteiger partial charge on any atom is -0.774 e. The summed E-state index contributed by atoms with van der Waals surface area (Å²) in [6, 6.07) is -1.81. The van der Waals surface area contributed by atoms with Crippen LogP contribution in [0, 0.1) is 6.26 Å². The summed E-state index contributed by atoms with van der Waals surface area (Å²) in [5.74, 6) is 0. The smallest absolute Gasteiger partial charge is 0.774 e. The van der Waals surface area contributed by atoms with Crippen LogP contribution in [-0.2, 0) is 20.2 Å². The third kappa shape index (κ3) is 81.7. The summed E-state index contributed by atoms with van der Waals surface area (Å²) in [5, 5.41) is 0. The van der Waals surface area contributed by atoms with Crippen molar-refractivity contribution in [2.45, 2.75) is 0 Å². The van der Waals surface area contributed by atoms with E-state index in [1.165, 1.54) is 0 Å². The van der Waals surface area contributed by atoms with Crippen LogP contribution < -0.4 is 18.9 Å². The van der Waals surface area contributed by atoms with Crippen LogP contribution >= 0.6 is 0 Å². The van der Waals surface area contributed by atoms with Crippen molar-refractivity contribution >= 4 is 69.1 Å². The van der Waals surface area contributed by atoms with Crippen LogP contribution in [0.1, 0.15) is 0 Å². The Hall–Kier alpha value is 1.92. The van der Waals surface area contributed by atoms with Crippen LogP contribution in [0.2, 0.25) is 0 Å². The monoisotopic (exact) mass is 352 g/mol. The number of halogens is 1. The average molecular weight is 351 g/mol. The normalized spacial score (nSPS) is 9.85. The van der Waals surface area contributed by atoms with Gasteiger partial charge in [0, 0.05) is 0 Å². The third-order valence-corrected chi connectivity index (χ3v) is 0.401. The summed E-state index contributed by atoms with van der Waals surface area (Å²) in [7, 11) is -8.75. The largest absolute Gasteiger partial charge is 2.00 e. The van der Waals surface area contributed by atoms with Gasteiger partial charge in [0.05, 0.1) is 0 Å². The maximum atomic E-state index is 10.6. The second-order valence-electron chi connectivity index (χ2n) is 1.22. The van der Waals surface area contributed by atoms with E-state index in [0.717, 1.165) is 0 Å². The minimum atomic E-state index is -4.58. The van der Waals surface area contributed by atoms with Gasteiger partial charge in [0.1, 0.15) is 10.1 Å². The van der Waals surface area contributed by atoms with Crippen molar-refractivity contribution in [1.29, 1.82) is 0 Å². The van der Waals surface area contributed by atoms with Crippen LogP contribution in [0.25, 0.3) is 0 Å². The molecule has 0 aliphatic carbocycles. The number of hydrogen-bond donors (Lipinski definition) is 0. The van der Waals surface area contributed by atoms with E-state index in [4.69, 9.17) is 25.9 Å². The topological polar surface area (TPSA) is 114 Å². The van der Waals surface area contributed by atoms with Gasteiger partial charge in [0.15, 0.2) is 6.01 Å². The van der Waals surface area contributed by atoms with Crippen LogP contribution in [0.3, 0.4) is 0 Å². The fourth-order valence-electron chi connectivity index (χ4n) is 0. The van der Waals surface area contributed by atoms with Crippen LogP contribution in [0.5, 0.6) is 0 Å². The van der Waals surface area contributed by atoms with Gasteiger partial charge in [-0.1, -0.05) is 0 Å². The molecule has 0 radical (unpaired) electrons. The summed E-state index contributed by atoms with van der Waals surface area (Å²) in [6.07, 6.45) is 2.19. The van der Waals surface area contributed by atoms with E-state index < -0.39 is 26.2 Å². The van der Waals surface area contributed by atoms with Crippen molar-refractivity contribution < 1.29 is 49.2 Å². The predicted molar refractivity (Wildman–Crippen MR) is 36.5 cm³/mol. The zero-order chi connectivity index (χ0) is 9.71. The van der Waals surface area contributed by atoms with Crippen molar-refractivity contribution in [2.24, 2.45) is 0 Å². The van der Waals surface area contributed by atoms with Crippen LogP contribution in [-0.4, -0.2) is 80.8 Å². The second-order valence-corrected chi connectivity index (χ2v) is 3.67. The molecule has 11 heteroatoms. The average Bonchev–Trinajstić information content (AvgIpc) is 1.59. The molecule has 0 unspecified atom stereocenters. The zero-order valence-electron chi connectivity index (χ0n) is 6.77. The molecule has 0 saturated carbocycles. The Morgan fingerprint density at radius 2 is 1.23 bits per heavy atom. The molecule has 0 fully saturated rings. The summed E-state index contributed by atoms with van der Waals surface area (Å²) < 4.78 is 64.7. The van der Waals surface area contributed by atoms with E-state index in [-0.39, 0.29) is 67.7 Å². The van der Waals surface area contributed by atoms with Crippen molar-refractivity contribution in [3.63, 3.8) is 0 Å². The molecule has 0 saturated heterocycles. The van der Waals surface area contributed by atoms with Gasteiger partial charge < -0.3 is 9.11 Å². The van der Waals surface area contributed by atoms with Gasteiger partial charge in [-0.15, -0.1) is 0 Å². The van der Waals surface area contributed by atoms with Crippen molar-refractivity contribution in [3.05, 3.63) is 6.26 Å². The van der Waals surface area contributed by atoms with E-state index in [9.17, 15) is 4.39 Å². The Labute approximate surface area is 128 Å². The van der Waals surface area contributed by atoms with Gasteiger partial charge in [-0.3, -0.25) is 8.42 Å². The first-order valence-corrected chi connectivity index (χ1v) is 5.00. The summed E-state index contributed by atoms with van der Waals surface area (Å²) >= 11 is 0. The first kappa shape index (κ1) is 24.2. The first-order chi connectivity index (χ1) is 4.56. The Balaban J connectivity index is -0.0000000546. The molecule has 0 spiro atoms. The van der Waals surface area contributed by atoms with Crippen molar-refractivity contribution in [2.75, 3.05) is 6.01 Å². The fraction of sp³-hybridized carbons (Fsp3) is 0.500. The Morgan fingerprint density at radius 1 is 1.15 bits per heavy atom. The van der Waals surface area contributed by atoms with Gasteiger partial charge in [-0.05, 0) is 10.1 Å². The van der Waals surface area contributed by atoms with E-state index >= 15 is 0 Å². The number of rotatable bonds is 1. The Morgan fingerprint density at radius 3 is 1.23 bits per heavy atom. The third-order valence-electron chi connectivity index (χ3n) is 0.134. The molecule has 0 bridgehead atoms. The maximum Gasteiger partial charge on any atom is 2.00 e. The number of hydrogen-bond acceptors (Lipinski definition) is 6. The van der Waals surface area contributed by atoms with Crippen LogP contribution in [0.4, 0.5) is 4.39 Å². The molecule has 0 aromatic rings. The van der Waals surface area contributed by atoms with E-state index in [1.54, 1.807) is 0 Å². The molecule has 0 aromatic heterocycles. The molecule has 13 heavy (non-hydrogen) atoms. The van der Waals surface area contributed by atoms with Crippen LogP contribution in [0.15, 0.2) is 0 Å². The van der Waals surface area contributed by atoms with Gasteiger partial charge in [-0.25, -0.2) is 19.1 Å². The molecule has 0 atom stereocenters. The quantitative estimate of drug-likeness (QED) is 0.267. The van der Waals surface area contributed by atoms with E-state index in [2.05, 4.69) is 6.26 Å². The van der Waals surface area contributed by atoms with E-state index in [0.29, 0.717) is 0 Å². The van der Waals surface area contributed by atoms with Crippen molar-refractivity contribution in [3.8, 4) is 0 Å². The SMILES string of the molecule is O=S(=O)([O-])CF.[Ba+2].[CH2-]S(=O)(=O)[O-].[Li+]. The molecular formula is C2H4BaFLiO6S2. The molecule has 0 aromatic carbocycles. The molecule has 6 nitrogen and oxygen atoms in total. The standard InChI is InChI=1S/CH3FO3S.CH3O3S.Ba.Li/c2-1-6(3,4)5;1-5(2,3)4;;/h1H2,(H,3,4,5);1H2,(H,2,3,4);;/q;-1;+2;+1/p-2. The second kappa shape index (κ2) is 10.4. The number of alkyl halides is 1. The predicted octanol–water partition coefficient (Wildman–Crippen LogP) is -4.60. The minimum absolute atomic E-state index is 0. The molecule has 70 valence electrons. The molecule has 0 aliphatic heterocycles. The van der Waals surface area contributed by atoms with Gasteiger partial charge in [-0.2, -0.15) is 0 Å². The van der Waals surface area contributed by atoms with Crippen molar-refractivity contribution in [1.82, 2.24) is 0 Å². The first-order valence-electron chi connectivity index (χ1n) is 1.84. The maximum absolute atomic E-state index is 10.6. The molecule has 0 heterocycles. The molecule has 0 aliphatic rings.